The Hall–Kier alpha value is -0.190. The van der Waals surface area contributed by atoms with Gasteiger partial charge in [0.05, 0.1) is 12.4 Å². The van der Waals surface area contributed by atoms with Crippen molar-refractivity contribution in [2.45, 2.75) is 43.5 Å². The Bertz CT molecular complexity index is 288. The van der Waals surface area contributed by atoms with Crippen LogP contribution in [0.4, 0.5) is 0 Å². The molecule has 1 rings (SSSR count). The van der Waals surface area contributed by atoms with E-state index in [1.807, 2.05) is 12.4 Å². The minimum Gasteiger partial charge on any atom is -0.159 e. The Kier molecular flexibility index (Phi) is 3.19. The Labute approximate surface area is 99.7 Å². The summed E-state index contributed by atoms with van der Waals surface area (Å²) in [5, 5.41) is 7.94. The van der Waals surface area contributed by atoms with Crippen molar-refractivity contribution >= 4 is 22.6 Å². The lowest BCUT2D eigenvalue weighted by Gasteiger charge is -2.27. The van der Waals surface area contributed by atoms with Gasteiger partial charge in [-0.25, -0.2) is 0 Å². The Balaban J connectivity index is 3.31. The molecule has 3 heteroatoms. The molecule has 1 heterocycles. The minimum atomic E-state index is 0.107. The molecule has 0 aliphatic carbocycles. The van der Waals surface area contributed by atoms with Crippen molar-refractivity contribution in [2.75, 3.05) is 0 Å². The van der Waals surface area contributed by atoms with Gasteiger partial charge in [-0.1, -0.05) is 43.4 Å². The van der Waals surface area contributed by atoms with E-state index in [-0.39, 0.29) is 8.84 Å². The van der Waals surface area contributed by atoms with Crippen LogP contribution >= 0.6 is 22.6 Å². The van der Waals surface area contributed by atoms with Gasteiger partial charge in [0, 0.05) is 3.42 Å². The van der Waals surface area contributed by atoms with E-state index in [0.717, 1.165) is 0 Å². The van der Waals surface area contributed by atoms with Crippen LogP contribution in [0, 0.1) is 0 Å². The summed E-state index contributed by atoms with van der Waals surface area (Å²) in [5.41, 5.74) is 2.70. The zero-order valence-electron chi connectivity index (χ0n) is 9.43. The molecule has 2 nitrogen and oxygen atoms in total. The van der Waals surface area contributed by atoms with E-state index in [1.165, 1.54) is 11.1 Å². The predicted octanol–water partition coefficient (Wildman–Crippen LogP) is 3.44. The van der Waals surface area contributed by atoms with Crippen molar-refractivity contribution in [1.29, 1.82) is 0 Å². The molecule has 1 aromatic rings. The normalized spacial score (nSPS) is 13.0. The average Bonchev–Trinajstić information content (AvgIpc) is 2.01. The standard InChI is InChI=1S/C11H17IN2/c1-10(2,3)8-6-13-14-7-9(8)11(4,5)12/h6-7H,1-5H3. The van der Waals surface area contributed by atoms with Crippen LogP contribution in [0.15, 0.2) is 12.4 Å². The molecule has 0 unspecified atom stereocenters. The van der Waals surface area contributed by atoms with Crippen molar-refractivity contribution in [3.63, 3.8) is 0 Å². The molecule has 0 aromatic carbocycles. The van der Waals surface area contributed by atoms with Crippen LogP contribution in [-0.4, -0.2) is 10.2 Å². The second-order valence-electron chi connectivity index (χ2n) is 5.04. The summed E-state index contributed by atoms with van der Waals surface area (Å²) in [7, 11) is 0. The highest BCUT2D eigenvalue weighted by molar-refractivity contribution is 14.1. The first-order chi connectivity index (χ1) is 6.23. The first kappa shape index (κ1) is 11.9. The van der Waals surface area contributed by atoms with E-state index in [1.54, 1.807) is 0 Å². The van der Waals surface area contributed by atoms with Crippen LogP contribution in [-0.2, 0) is 8.84 Å². The molecule has 0 aliphatic heterocycles. The second-order valence-corrected chi connectivity index (χ2v) is 7.74. The number of aromatic nitrogens is 2. The summed E-state index contributed by atoms with van der Waals surface area (Å²) in [6, 6.07) is 0. The van der Waals surface area contributed by atoms with Crippen LogP contribution in [0.1, 0.15) is 45.7 Å². The second kappa shape index (κ2) is 3.76. The number of hydrogen-bond acceptors (Lipinski definition) is 2. The molecule has 0 N–H and O–H groups in total. The zero-order valence-corrected chi connectivity index (χ0v) is 11.6. The zero-order chi connectivity index (χ0) is 11.0. The van der Waals surface area contributed by atoms with Gasteiger partial charge >= 0.3 is 0 Å². The first-order valence-electron chi connectivity index (χ1n) is 4.73. The summed E-state index contributed by atoms with van der Waals surface area (Å²) in [6.07, 6.45) is 3.77. The van der Waals surface area contributed by atoms with Gasteiger partial charge in [-0.05, 0) is 30.4 Å². The largest absolute Gasteiger partial charge is 0.159 e. The monoisotopic (exact) mass is 304 g/mol. The summed E-state index contributed by atoms with van der Waals surface area (Å²) in [4.78, 5) is 0. The topological polar surface area (TPSA) is 25.8 Å². The molecule has 0 saturated carbocycles. The van der Waals surface area contributed by atoms with Crippen molar-refractivity contribution in [3.8, 4) is 0 Å². The van der Waals surface area contributed by atoms with Gasteiger partial charge in [-0.2, -0.15) is 10.2 Å². The molecule has 0 bridgehead atoms. The highest BCUT2D eigenvalue weighted by atomic mass is 127. The van der Waals surface area contributed by atoms with Crippen molar-refractivity contribution in [1.82, 2.24) is 10.2 Å². The molecule has 78 valence electrons. The number of rotatable bonds is 1. The van der Waals surface area contributed by atoms with Gasteiger partial charge in [0.25, 0.3) is 0 Å². The number of nitrogens with zero attached hydrogens (tertiary/aromatic N) is 2. The molecular weight excluding hydrogens is 287 g/mol. The average molecular weight is 304 g/mol. The first-order valence-corrected chi connectivity index (χ1v) is 5.81. The lowest BCUT2D eigenvalue weighted by atomic mass is 9.82. The number of halogens is 1. The Morgan fingerprint density at radius 1 is 0.929 bits per heavy atom. The fourth-order valence-corrected chi connectivity index (χ4v) is 1.82. The molecule has 14 heavy (non-hydrogen) atoms. The van der Waals surface area contributed by atoms with E-state index >= 15 is 0 Å². The van der Waals surface area contributed by atoms with Gasteiger partial charge in [0.1, 0.15) is 0 Å². The van der Waals surface area contributed by atoms with Crippen molar-refractivity contribution in [3.05, 3.63) is 23.5 Å². The third kappa shape index (κ3) is 2.65. The summed E-state index contributed by atoms with van der Waals surface area (Å²) < 4.78 is 0.107. The fourth-order valence-electron chi connectivity index (χ4n) is 1.39. The minimum absolute atomic E-state index is 0.107. The van der Waals surface area contributed by atoms with E-state index in [4.69, 9.17) is 0 Å². The van der Waals surface area contributed by atoms with E-state index in [9.17, 15) is 0 Å². The molecule has 0 atom stereocenters. The Morgan fingerprint density at radius 3 is 1.64 bits per heavy atom. The fraction of sp³-hybridized carbons (Fsp3) is 0.636. The van der Waals surface area contributed by atoms with Gasteiger partial charge in [0.15, 0.2) is 0 Å². The lowest BCUT2D eigenvalue weighted by Crippen LogP contribution is -2.20. The van der Waals surface area contributed by atoms with Gasteiger partial charge in [-0.3, -0.25) is 0 Å². The van der Waals surface area contributed by atoms with Crippen molar-refractivity contribution in [2.24, 2.45) is 0 Å². The molecule has 0 spiro atoms. The molecular formula is C11H17IN2. The van der Waals surface area contributed by atoms with E-state index in [2.05, 4.69) is 67.4 Å². The smallest absolute Gasteiger partial charge is 0.0544 e. The quantitative estimate of drug-likeness (QED) is 0.587. The summed E-state index contributed by atoms with van der Waals surface area (Å²) >= 11 is 2.44. The van der Waals surface area contributed by atoms with Gasteiger partial charge in [0.2, 0.25) is 0 Å². The molecule has 0 aliphatic rings. The predicted molar refractivity (Wildman–Crippen MR) is 67.8 cm³/mol. The molecule has 0 saturated heterocycles. The van der Waals surface area contributed by atoms with Crippen LogP contribution in [0.3, 0.4) is 0 Å². The van der Waals surface area contributed by atoms with Crippen LogP contribution < -0.4 is 0 Å². The maximum absolute atomic E-state index is 3.97. The van der Waals surface area contributed by atoms with Crippen LogP contribution in [0.5, 0.6) is 0 Å². The molecule has 0 radical (unpaired) electrons. The summed E-state index contributed by atoms with van der Waals surface area (Å²) in [5.74, 6) is 0. The lowest BCUT2D eigenvalue weighted by molar-refractivity contribution is 0.567. The summed E-state index contributed by atoms with van der Waals surface area (Å²) in [6.45, 7) is 11.0. The van der Waals surface area contributed by atoms with Crippen LogP contribution in [0.2, 0.25) is 0 Å². The van der Waals surface area contributed by atoms with Gasteiger partial charge in [-0.15, -0.1) is 0 Å². The molecule has 1 aromatic heterocycles. The third-order valence-corrected chi connectivity index (χ3v) is 2.76. The highest BCUT2D eigenvalue weighted by Gasteiger charge is 2.26. The molecule has 0 fully saturated rings. The number of alkyl halides is 1. The van der Waals surface area contributed by atoms with Crippen molar-refractivity contribution < 1.29 is 0 Å². The van der Waals surface area contributed by atoms with E-state index in [0.29, 0.717) is 0 Å². The molecule has 0 amide bonds. The number of hydrogen-bond donors (Lipinski definition) is 0. The maximum atomic E-state index is 3.97. The van der Waals surface area contributed by atoms with Gasteiger partial charge < -0.3 is 0 Å². The van der Waals surface area contributed by atoms with E-state index < -0.39 is 0 Å². The maximum Gasteiger partial charge on any atom is 0.0544 e. The Morgan fingerprint density at radius 2 is 1.36 bits per heavy atom. The SMILES string of the molecule is CC(C)(C)c1cnncc1C(C)(C)I. The third-order valence-electron chi connectivity index (χ3n) is 2.18. The van der Waals surface area contributed by atoms with Crippen LogP contribution in [0.25, 0.3) is 0 Å². The highest BCUT2D eigenvalue weighted by Crippen LogP contribution is 2.36.